The number of alkyl halides is 3. The standard InChI is InChI=1S/C18H16Cl2F3N3/c1-10-6-11(2-3-15(10)26-24)16-17(4-5-25-16,18(21,22)23)12-7-13(19)9-14(20)8-12/h2-3,5-9,16,26H,4,24H2,1H3. The number of benzene rings is 2. The zero-order chi connectivity index (χ0) is 19.1. The summed E-state index contributed by atoms with van der Waals surface area (Å²) in [5, 5.41) is 0.307. The lowest BCUT2D eigenvalue weighted by Gasteiger charge is -2.37. The second-order valence-corrected chi connectivity index (χ2v) is 7.16. The molecule has 2 unspecified atom stereocenters. The lowest BCUT2D eigenvalue weighted by molar-refractivity contribution is -0.193. The summed E-state index contributed by atoms with van der Waals surface area (Å²) >= 11 is 12.0. The van der Waals surface area contributed by atoms with Gasteiger partial charge in [0.1, 0.15) is 5.41 Å². The zero-order valence-electron chi connectivity index (χ0n) is 13.7. The molecule has 3 nitrogen and oxygen atoms in total. The number of aryl methyl sites for hydroxylation is 1. The van der Waals surface area contributed by atoms with Crippen LogP contribution in [-0.2, 0) is 5.41 Å². The van der Waals surface area contributed by atoms with Crippen LogP contribution in [0.1, 0.15) is 29.2 Å². The highest BCUT2D eigenvalue weighted by molar-refractivity contribution is 6.34. The number of aliphatic imine (C=N–C) groups is 1. The number of hydrogen-bond acceptors (Lipinski definition) is 3. The fraction of sp³-hybridized carbons (Fsp3) is 0.278. The molecule has 0 aromatic heterocycles. The van der Waals surface area contributed by atoms with Gasteiger partial charge in [-0.1, -0.05) is 35.3 Å². The van der Waals surface area contributed by atoms with Gasteiger partial charge in [0, 0.05) is 22.7 Å². The van der Waals surface area contributed by atoms with E-state index in [4.69, 9.17) is 29.0 Å². The summed E-state index contributed by atoms with van der Waals surface area (Å²) < 4.78 is 43.0. The normalized spacial score (nSPS) is 22.7. The van der Waals surface area contributed by atoms with Crippen LogP contribution in [0.2, 0.25) is 10.0 Å². The maximum atomic E-state index is 14.3. The fourth-order valence-corrected chi connectivity index (χ4v) is 3.98. The molecule has 0 radical (unpaired) electrons. The van der Waals surface area contributed by atoms with Crippen molar-refractivity contribution in [2.75, 3.05) is 5.43 Å². The van der Waals surface area contributed by atoms with Crippen LogP contribution in [0, 0.1) is 6.92 Å². The lowest BCUT2D eigenvalue weighted by Crippen LogP contribution is -2.45. The smallest absolute Gasteiger partial charge is 0.324 e. The number of nitrogens with two attached hydrogens (primary N) is 1. The average Bonchev–Trinajstić information content (AvgIpc) is 2.99. The van der Waals surface area contributed by atoms with Crippen LogP contribution in [-0.4, -0.2) is 12.4 Å². The molecule has 0 saturated carbocycles. The number of rotatable bonds is 3. The van der Waals surface area contributed by atoms with Gasteiger partial charge in [-0.25, -0.2) is 0 Å². The van der Waals surface area contributed by atoms with Crippen molar-refractivity contribution >= 4 is 35.1 Å². The first-order chi connectivity index (χ1) is 12.2. The van der Waals surface area contributed by atoms with Crippen molar-refractivity contribution in [3.8, 4) is 0 Å². The molecule has 26 heavy (non-hydrogen) atoms. The minimum atomic E-state index is -4.55. The van der Waals surface area contributed by atoms with E-state index in [0.29, 0.717) is 11.3 Å². The Morgan fingerprint density at radius 2 is 1.81 bits per heavy atom. The van der Waals surface area contributed by atoms with E-state index in [9.17, 15) is 13.2 Å². The minimum absolute atomic E-state index is 0.00341. The van der Waals surface area contributed by atoms with Crippen LogP contribution in [0.4, 0.5) is 18.9 Å². The number of nitrogen functional groups attached to an aromatic ring is 1. The third-order valence-electron chi connectivity index (χ3n) is 4.74. The van der Waals surface area contributed by atoms with Gasteiger partial charge in [-0.2, -0.15) is 13.2 Å². The minimum Gasteiger partial charge on any atom is -0.324 e. The van der Waals surface area contributed by atoms with Crippen LogP contribution < -0.4 is 11.3 Å². The number of hydrazine groups is 1. The van der Waals surface area contributed by atoms with Crippen molar-refractivity contribution < 1.29 is 13.2 Å². The molecule has 0 fully saturated rings. The third-order valence-corrected chi connectivity index (χ3v) is 5.18. The molecule has 0 amide bonds. The Hall–Kier alpha value is -1.76. The number of nitrogens with zero attached hydrogens (tertiary/aromatic N) is 1. The maximum Gasteiger partial charge on any atom is 0.401 e. The van der Waals surface area contributed by atoms with E-state index in [0.717, 1.165) is 5.56 Å². The molecule has 1 aliphatic heterocycles. The van der Waals surface area contributed by atoms with Crippen molar-refractivity contribution in [2.24, 2.45) is 10.8 Å². The maximum absolute atomic E-state index is 14.3. The van der Waals surface area contributed by atoms with Crippen LogP contribution in [0.25, 0.3) is 0 Å². The Balaban J connectivity index is 2.20. The molecule has 0 aliphatic carbocycles. The Labute approximate surface area is 159 Å². The molecule has 3 N–H and O–H groups in total. The fourth-order valence-electron chi connectivity index (χ4n) is 3.45. The van der Waals surface area contributed by atoms with Crippen molar-refractivity contribution in [3.63, 3.8) is 0 Å². The molecule has 0 bridgehead atoms. The summed E-state index contributed by atoms with van der Waals surface area (Å²) in [4.78, 5) is 4.18. The molecule has 0 spiro atoms. The number of hydrogen-bond donors (Lipinski definition) is 2. The quantitative estimate of drug-likeness (QED) is 0.519. The highest BCUT2D eigenvalue weighted by Crippen LogP contribution is 2.56. The molecule has 2 aromatic rings. The Morgan fingerprint density at radius 3 is 2.35 bits per heavy atom. The summed E-state index contributed by atoms with van der Waals surface area (Å²) in [5.41, 5.74) is 2.10. The third kappa shape index (κ3) is 3.06. The summed E-state index contributed by atoms with van der Waals surface area (Å²) in [6.45, 7) is 1.77. The van der Waals surface area contributed by atoms with Crippen molar-refractivity contribution in [1.82, 2.24) is 0 Å². The van der Waals surface area contributed by atoms with E-state index in [1.807, 2.05) is 0 Å². The highest BCUT2D eigenvalue weighted by Gasteiger charge is 2.62. The van der Waals surface area contributed by atoms with E-state index in [2.05, 4.69) is 10.4 Å². The van der Waals surface area contributed by atoms with Gasteiger partial charge in [-0.05, 0) is 47.9 Å². The monoisotopic (exact) mass is 401 g/mol. The van der Waals surface area contributed by atoms with Gasteiger partial charge >= 0.3 is 6.18 Å². The van der Waals surface area contributed by atoms with E-state index >= 15 is 0 Å². The van der Waals surface area contributed by atoms with Gasteiger partial charge in [0.25, 0.3) is 0 Å². The molecule has 138 valence electrons. The molecule has 1 heterocycles. The lowest BCUT2D eigenvalue weighted by atomic mass is 9.70. The van der Waals surface area contributed by atoms with Crippen LogP contribution >= 0.6 is 23.2 Å². The van der Waals surface area contributed by atoms with E-state index in [1.165, 1.54) is 24.4 Å². The zero-order valence-corrected chi connectivity index (χ0v) is 15.3. The van der Waals surface area contributed by atoms with Crippen LogP contribution in [0.3, 0.4) is 0 Å². The van der Waals surface area contributed by atoms with Crippen molar-refractivity contribution in [3.05, 3.63) is 63.1 Å². The number of anilines is 1. The molecule has 3 rings (SSSR count). The van der Waals surface area contributed by atoms with E-state index in [-0.39, 0.29) is 22.0 Å². The van der Waals surface area contributed by atoms with Gasteiger partial charge in [0.15, 0.2) is 0 Å². The Morgan fingerprint density at radius 1 is 1.15 bits per heavy atom. The van der Waals surface area contributed by atoms with Crippen molar-refractivity contribution in [2.45, 2.75) is 31.0 Å². The van der Waals surface area contributed by atoms with Crippen molar-refractivity contribution in [1.29, 1.82) is 0 Å². The van der Waals surface area contributed by atoms with Crippen LogP contribution in [0.15, 0.2) is 41.4 Å². The molecule has 1 aliphatic rings. The molecule has 2 aromatic carbocycles. The molecular weight excluding hydrogens is 386 g/mol. The summed E-state index contributed by atoms with van der Waals surface area (Å²) in [6.07, 6.45) is -3.52. The van der Waals surface area contributed by atoms with Crippen LogP contribution in [0.5, 0.6) is 0 Å². The van der Waals surface area contributed by atoms with Gasteiger partial charge in [-0.3, -0.25) is 10.8 Å². The second-order valence-electron chi connectivity index (χ2n) is 6.28. The SMILES string of the molecule is Cc1cc(C2N=CCC2(c2cc(Cl)cc(Cl)c2)C(F)(F)F)ccc1NN. The van der Waals surface area contributed by atoms with Gasteiger partial charge in [0.2, 0.25) is 0 Å². The summed E-state index contributed by atoms with van der Waals surface area (Å²) in [6, 6.07) is 7.80. The summed E-state index contributed by atoms with van der Waals surface area (Å²) in [7, 11) is 0. The predicted octanol–water partition coefficient (Wildman–Crippen LogP) is 5.60. The van der Waals surface area contributed by atoms with Gasteiger partial charge in [-0.15, -0.1) is 0 Å². The van der Waals surface area contributed by atoms with Gasteiger partial charge < -0.3 is 5.43 Å². The molecule has 2 atom stereocenters. The van der Waals surface area contributed by atoms with Gasteiger partial charge in [0.05, 0.1) is 11.7 Å². The average molecular weight is 402 g/mol. The first kappa shape index (κ1) is 19.0. The number of nitrogens with one attached hydrogen (secondary N) is 1. The van der Waals surface area contributed by atoms with E-state index < -0.39 is 17.6 Å². The van der Waals surface area contributed by atoms with E-state index in [1.54, 1.807) is 25.1 Å². The Bertz CT molecular complexity index is 847. The topological polar surface area (TPSA) is 50.4 Å². The highest BCUT2D eigenvalue weighted by atomic mass is 35.5. The first-order valence-electron chi connectivity index (χ1n) is 7.81. The number of halogens is 5. The summed E-state index contributed by atoms with van der Waals surface area (Å²) in [5.74, 6) is 5.41. The first-order valence-corrected chi connectivity index (χ1v) is 8.57. The Kier molecular flexibility index (Phi) is 4.94. The molecular formula is C18H16Cl2F3N3. The largest absolute Gasteiger partial charge is 0.401 e. The molecule has 8 heteroatoms. The second kappa shape index (κ2) is 6.76. The molecule has 0 saturated heterocycles. The predicted molar refractivity (Wildman–Crippen MR) is 99.0 cm³/mol.